The molecule has 0 aliphatic rings. The zero-order valence-electron chi connectivity index (χ0n) is 39.4. The molecule has 312 valence electrons. The fourth-order valence-electron chi connectivity index (χ4n) is 4.90. The SMILES string of the molecule is CCc1cc2c(C(C)C)cc(C(C)C)cc2[cH-]1.CCc1cc2c(C(C)C)cc(C(C)C)cc2[cH-]1.C[CH-]C.[CH2-]CCC.[CH2-]CCC.[CH2-]CCC.[CH2-]CCC.[Hf+4].[Hf]. The van der Waals surface area contributed by atoms with Gasteiger partial charge in [0.25, 0.3) is 0 Å². The van der Waals surface area contributed by atoms with E-state index in [1.165, 1.54) is 80.6 Å². The smallest absolute Gasteiger partial charge is 0.343 e. The molecule has 4 rings (SSSR count). The second kappa shape index (κ2) is 40.2. The van der Waals surface area contributed by atoms with E-state index in [0.29, 0.717) is 23.7 Å². The summed E-state index contributed by atoms with van der Waals surface area (Å²) >= 11 is 0. The van der Waals surface area contributed by atoms with Crippen molar-refractivity contribution in [3.63, 3.8) is 0 Å². The van der Waals surface area contributed by atoms with Crippen molar-refractivity contribution >= 4 is 21.5 Å². The second-order valence-corrected chi connectivity index (χ2v) is 15.3. The summed E-state index contributed by atoms with van der Waals surface area (Å²) < 4.78 is 0. The molecule has 0 spiro atoms. The van der Waals surface area contributed by atoms with Gasteiger partial charge in [-0.25, -0.2) is 0 Å². The summed E-state index contributed by atoms with van der Waals surface area (Å²) in [5.74, 6) is 2.42. The van der Waals surface area contributed by atoms with Crippen LogP contribution in [0, 0.1) is 34.1 Å². The number of hydrogen-bond donors (Lipinski definition) is 0. The van der Waals surface area contributed by atoms with E-state index in [-0.39, 0.29) is 51.7 Å². The summed E-state index contributed by atoms with van der Waals surface area (Å²) in [6, 6.07) is 19.0. The minimum atomic E-state index is 0. The number of fused-ring (bicyclic) bond motifs is 2. The molecule has 0 aromatic heterocycles. The summed E-state index contributed by atoms with van der Waals surface area (Å²) in [6.07, 6.45) is 13.4. The van der Waals surface area contributed by atoms with Gasteiger partial charge >= 0.3 is 25.8 Å². The molecule has 0 radical (unpaired) electrons. The van der Waals surface area contributed by atoms with E-state index in [2.05, 4.69) is 173 Å². The largest absolute Gasteiger partial charge is 4.00 e. The Morgan fingerprint density at radius 3 is 0.873 bits per heavy atom. The van der Waals surface area contributed by atoms with Crippen LogP contribution in [-0.4, -0.2) is 0 Å². The predicted octanol–water partition coefficient (Wildman–Crippen LogP) is 18.4. The molecule has 0 N–H and O–H groups in total. The van der Waals surface area contributed by atoms with Gasteiger partial charge in [0, 0.05) is 25.8 Å². The Bertz CT molecular complexity index is 1260. The average Bonchev–Trinajstić information content (AvgIpc) is 3.78. The minimum Gasteiger partial charge on any atom is -0.343 e. The van der Waals surface area contributed by atoms with Crippen LogP contribution in [0.4, 0.5) is 0 Å². The molecule has 0 saturated carbocycles. The molecular formula is C53H89Hf2-3. The van der Waals surface area contributed by atoms with Crippen molar-refractivity contribution in [2.24, 2.45) is 0 Å². The van der Waals surface area contributed by atoms with Gasteiger partial charge in [-0.05, 0) is 36.5 Å². The molecule has 4 aromatic rings. The molecule has 0 saturated heterocycles. The minimum absolute atomic E-state index is 0. The molecule has 0 aliphatic heterocycles. The van der Waals surface area contributed by atoms with Crippen LogP contribution in [0.15, 0.2) is 48.5 Å². The maximum Gasteiger partial charge on any atom is 4.00 e. The standard InChI is InChI=1S/2C17H23.4C4H9.C3H7.2Hf/c2*1-6-13-7-15-9-14(11(2)3)10-16(12(4)5)17(15)8-13;4*1-3-4-2;1-3-2;;/h2*7-12H,6H2,1-5H3;4*1,3-4H2,2H3;3H,1-2H3;;/q7*-1;;+4. The molecule has 55 heavy (non-hydrogen) atoms. The summed E-state index contributed by atoms with van der Waals surface area (Å²) in [7, 11) is 0. The van der Waals surface area contributed by atoms with Gasteiger partial charge in [0.1, 0.15) is 0 Å². The molecular weight excluding hydrogens is 994 g/mol. The van der Waals surface area contributed by atoms with Crippen LogP contribution in [-0.2, 0) is 64.5 Å². The predicted molar refractivity (Wildman–Crippen MR) is 251 cm³/mol. The van der Waals surface area contributed by atoms with Gasteiger partial charge in [0.15, 0.2) is 0 Å². The van der Waals surface area contributed by atoms with Gasteiger partial charge in [-0.15, -0.1) is 56.9 Å². The fourth-order valence-corrected chi connectivity index (χ4v) is 4.90. The van der Waals surface area contributed by atoms with Crippen LogP contribution < -0.4 is 0 Å². The third kappa shape index (κ3) is 27.7. The van der Waals surface area contributed by atoms with Crippen molar-refractivity contribution in [1.82, 2.24) is 0 Å². The van der Waals surface area contributed by atoms with Crippen molar-refractivity contribution in [2.45, 2.75) is 199 Å². The third-order valence-corrected chi connectivity index (χ3v) is 8.68. The first-order valence-electron chi connectivity index (χ1n) is 21.5. The van der Waals surface area contributed by atoms with Crippen molar-refractivity contribution in [1.29, 1.82) is 0 Å². The first-order chi connectivity index (χ1) is 25.1. The summed E-state index contributed by atoms with van der Waals surface area (Å²) in [5.41, 5.74) is 8.87. The van der Waals surface area contributed by atoms with Crippen molar-refractivity contribution in [2.75, 3.05) is 0 Å². The Balaban J connectivity index is -0.000000204. The van der Waals surface area contributed by atoms with E-state index in [1.54, 1.807) is 0 Å². The van der Waals surface area contributed by atoms with Gasteiger partial charge in [-0.3, -0.25) is 0 Å². The molecule has 4 aromatic carbocycles. The summed E-state index contributed by atoms with van der Waals surface area (Å²) in [6.45, 7) is 49.6. The maximum atomic E-state index is 3.60. The topological polar surface area (TPSA) is 0 Å². The molecule has 0 heterocycles. The Hall–Kier alpha value is -0.600. The molecule has 0 unspecified atom stereocenters. The molecule has 0 bridgehead atoms. The first-order valence-corrected chi connectivity index (χ1v) is 21.5. The number of benzene rings is 2. The van der Waals surface area contributed by atoms with Crippen molar-refractivity contribution in [3.8, 4) is 0 Å². The Morgan fingerprint density at radius 1 is 0.473 bits per heavy atom. The fraction of sp³-hybridized carbons (Fsp3) is 0.566. The Labute approximate surface area is 384 Å². The van der Waals surface area contributed by atoms with E-state index in [4.69, 9.17) is 0 Å². The molecule has 0 nitrogen and oxygen atoms in total. The van der Waals surface area contributed by atoms with Crippen LogP contribution in [0.25, 0.3) is 21.5 Å². The van der Waals surface area contributed by atoms with Crippen LogP contribution in [0.5, 0.6) is 0 Å². The van der Waals surface area contributed by atoms with Crippen LogP contribution >= 0.6 is 0 Å². The van der Waals surface area contributed by atoms with Gasteiger partial charge < -0.3 is 34.1 Å². The van der Waals surface area contributed by atoms with E-state index in [1.807, 2.05) is 20.3 Å². The van der Waals surface area contributed by atoms with Gasteiger partial charge in [-0.2, -0.15) is 51.7 Å². The van der Waals surface area contributed by atoms with Crippen molar-refractivity contribution in [3.05, 3.63) is 116 Å². The molecule has 2 heteroatoms. The average molecular weight is 1080 g/mol. The molecule has 0 aliphatic carbocycles. The van der Waals surface area contributed by atoms with Gasteiger partial charge in [-0.1, -0.05) is 157 Å². The van der Waals surface area contributed by atoms with E-state index >= 15 is 0 Å². The number of aryl methyl sites for hydroxylation is 2. The van der Waals surface area contributed by atoms with E-state index in [9.17, 15) is 0 Å². The quantitative estimate of drug-likeness (QED) is 0.110. The van der Waals surface area contributed by atoms with E-state index in [0.717, 1.165) is 38.5 Å². The van der Waals surface area contributed by atoms with Crippen LogP contribution in [0.3, 0.4) is 0 Å². The Morgan fingerprint density at radius 2 is 0.709 bits per heavy atom. The number of rotatable bonds is 10. The summed E-state index contributed by atoms with van der Waals surface area (Å²) in [4.78, 5) is 0. The molecule has 0 atom stereocenters. The number of hydrogen-bond acceptors (Lipinski definition) is 0. The third-order valence-electron chi connectivity index (χ3n) is 8.68. The van der Waals surface area contributed by atoms with Crippen LogP contribution in [0.1, 0.15) is 219 Å². The van der Waals surface area contributed by atoms with Gasteiger partial charge in [0.05, 0.1) is 0 Å². The second-order valence-electron chi connectivity index (χ2n) is 15.3. The van der Waals surface area contributed by atoms with E-state index < -0.39 is 0 Å². The normalized spacial score (nSPS) is 9.89. The number of unbranched alkanes of at least 4 members (excludes halogenated alkanes) is 4. The van der Waals surface area contributed by atoms with Crippen molar-refractivity contribution < 1.29 is 51.7 Å². The first kappa shape index (κ1) is 63.6. The molecule has 0 amide bonds. The molecule has 0 fully saturated rings. The zero-order chi connectivity index (χ0) is 41.5. The summed E-state index contributed by atoms with van der Waals surface area (Å²) in [5, 5.41) is 5.77. The Kier molecular flexibility index (Phi) is 46.5. The maximum absolute atomic E-state index is 3.60. The van der Waals surface area contributed by atoms with Gasteiger partial charge in [0.2, 0.25) is 0 Å². The zero-order valence-corrected chi connectivity index (χ0v) is 46.6. The monoisotopic (exact) mass is 1090 g/mol. The van der Waals surface area contributed by atoms with Crippen LogP contribution in [0.2, 0.25) is 0 Å².